The van der Waals surface area contributed by atoms with Crippen molar-refractivity contribution in [2.45, 2.75) is 25.6 Å². The molecule has 0 aliphatic carbocycles. The molecule has 2 atom stereocenters. The Bertz CT molecular complexity index is 465. The SMILES string of the molecule is COCCNC(=O)C(NC(=O)CC(C)O)Nc1ccccc1. The maximum Gasteiger partial charge on any atom is 0.263 e. The Morgan fingerprint density at radius 3 is 2.55 bits per heavy atom. The Morgan fingerprint density at radius 2 is 1.95 bits per heavy atom. The van der Waals surface area contributed by atoms with Crippen LogP contribution in [0.5, 0.6) is 0 Å². The van der Waals surface area contributed by atoms with E-state index in [-0.39, 0.29) is 12.3 Å². The number of methoxy groups -OCH3 is 1. The van der Waals surface area contributed by atoms with Crippen LogP contribution in [0.2, 0.25) is 0 Å². The molecule has 7 nitrogen and oxygen atoms in total. The van der Waals surface area contributed by atoms with Crippen LogP contribution in [-0.4, -0.2) is 49.5 Å². The van der Waals surface area contributed by atoms with E-state index in [2.05, 4.69) is 16.0 Å². The van der Waals surface area contributed by atoms with E-state index in [4.69, 9.17) is 4.74 Å². The van der Waals surface area contributed by atoms with Crippen molar-refractivity contribution in [1.82, 2.24) is 10.6 Å². The van der Waals surface area contributed by atoms with Gasteiger partial charge in [-0.05, 0) is 19.1 Å². The van der Waals surface area contributed by atoms with Gasteiger partial charge in [0, 0.05) is 19.3 Å². The number of hydrogen-bond acceptors (Lipinski definition) is 5. The molecular weight excluding hydrogens is 286 g/mol. The van der Waals surface area contributed by atoms with Gasteiger partial charge in [0.1, 0.15) is 0 Å². The summed E-state index contributed by atoms with van der Waals surface area (Å²) in [5.74, 6) is -0.787. The van der Waals surface area contributed by atoms with Gasteiger partial charge in [-0.2, -0.15) is 0 Å². The molecule has 122 valence electrons. The van der Waals surface area contributed by atoms with Crippen LogP contribution in [0.3, 0.4) is 0 Å². The zero-order chi connectivity index (χ0) is 16.4. The largest absolute Gasteiger partial charge is 0.393 e. The van der Waals surface area contributed by atoms with Crippen molar-refractivity contribution in [3.8, 4) is 0 Å². The number of carbonyl (C=O) groups is 2. The summed E-state index contributed by atoms with van der Waals surface area (Å²) in [4.78, 5) is 23.9. The minimum atomic E-state index is -0.925. The summed E-state index contributed by atoms with van der Waals surface area (Å²) in [5.41, 5.74) is 0.701. The summed E-state index contributed by atoms with van der Waals surface area (Å²) in [5, 5.41) is 17.4. The Labute approximate surface area is 130 Å². The summed E-state index contributed by atoms with van der Waals surface area (Å²) >= 11 is 0. The number of carbonyl (C=O) groups excluding carboxylic acids is 2. The van der Waals surface area contributed by atoms with Crippen LogP contribution in [0.4, 0.5) is 5.69 Å². The molecule has 0 aliphatic heterocycles. The molecule has 0 spiro atoms. The van der Waals surface area contributed by atoms with Crippen molar-refractivity contribution in [1.29, 1.82) is 0 Å². The summed E-state index contributed by atoms with van der Waals surface area (Å²) in [6.45, 7) is 2.23. The van der Waals surface area contributed by atoms with Crippen LogP contribution in [0.15, 0.2) is 30.3 Å². The first-order valence-corrected chi connectivity index (χ1v) is 7.08. The monoisotopic (exact) mass is 309 g/mol. The lowest BCUT2D eigenvalue weighted by Gasteiger charge is -2.21. The highest BCUT2D eigenvalue weighted by atomic mass is 16.5. The van der Waals surface area contributed by atoms with Crippen molar-refractivity contribution >= 4 is 17.5 Å². The van der Waals surface area contributed by atoms with Gasteiger partial charge >= 0.3 is 0 Å². The molecule has 22 heavy (non-hydrogen) atoms. The number of hydrogen-bond donors (Lipinski definition) is 4. The normalized spacial score (nSPS) is 13.0. The summed E-state index contributed by atoms with van der Waals surface area (Å²) in [6.07, 6.45) is -1.77. The molecule has 0 bridgehead atoms. The minimum absolute atomic E-state index is 0.0711. The number of para-hydroxylation sites is 1. The molecule has 2 unspecified atom stereocenters. The van der Waals surface area contributed by atoms with Gasteiger partial charge in [-0.25, -0.2) is 0 Å². The van der Waals surface area contributed by atoms with Gasteiger partial charge in [-0.1, -0.05) is 18.2 Å². The highest BCUT2D eigenvalue weighted by molar-refractivity contribution is 5.89. The number of aliphatic hydroxyl groups excluding tert-OH is 1. The fraction of sp³-hybridized carbons (Fsp3) is 0.467. The molecule has 4 N–H and O–H groups in total. The number of amides is 2. The molecule has 7 heteroatoms. The first kappa shape index (κ1) is 17.9. The van der Waals surface area contributed by atoms with Crippen LogP contribution >= 0.6 is 0 Å². The molecule has 1 aromatic rings. The number of ether oxygens (including phenoxy) is 1. The Morgan fingerprint density at radius 1 is 1.27 bits per heavy atom. The highest BCUT2D eigenvalue weighted by Gasteiger charge is 2.20. The van der Waals surface area contributed by atoms with Crippen LogP contribution < -0.4 is 16.0 Å². The van der Waals surface area contributed by atoms with Gasteiger partial charge in [0.15, 0.2) is 6.17 Å². The van der Waals surface area contributed by atoms with Crippen molar-refractivity contribution in [2.24, 2.45) is 0 Å². The zero-order valence-corrected chi connectivity index (χ0v) is 12.8. The van der Waals surface area contributed by atoms with Crippen molar-refractivity contribution in [3.05, 3.63) is 30.3 Å². The Hall–Kier alpha value is -2.12. The molecule has 2 amide bonds. The van der Waals surface area contributed by atoms with Crippen molar-refractivity contribution < 1.29 is 19.4 Å². The van der Waals surface area contributed by atoms with Crippen LogP contribution in [0, 0.1) is 0 Å². The van der Waals surface area contributed by atoms with E-state index < -0.39 is 18.2 Å². The third-order valence-corrected chi connectivity index (χ3v) is 2.74. The number of rotatable bonds is 9. The second-order valence-corrected chi connectivity index (χ2v) is 4.85. The van der Waals surface area contributed by atoms with Crippen molar-refractivity contribution in [3.63, 3.8) is 0 Å². The number of benzene rings is 1. The molecule has 1 rings (SSSR count). The average Bonchev–Trinajstić information content (AvgIpc) is 2.47. The molecule has 0 saturated heterocycles. The van der Waals surface area contributed by atoms with Gasteiger partial charge in [-0.3, -0.25) is 9.59 Å². The number of aliphatic hydroxyl groups is 1. The fourth-order valence-electron chi connectivity index (χ4n) is 1.73. The molecular formula is C15H23N3O4. The number of nitrogens with one attached hydrogen (secondary N) is 3. The standard InChI is InChI=1S/C15H23N3O4/c1-11(19)10-13(20)18-14(15(21)16-8-9-22-2)17-12-6-4-3-5-7-12/h3-7,11,14,17,19H,8-10H2,1-2H3,(H,16,21)(H,18,20). The first-order chi connectivity index (χ1) is 10.5. The quantitative estimate of drug-likeness (QED) is 0.382. The van der Waals surface area contributed by atoms with E-state index in [1.54, 1.807) is 12.1 Å². The van der Waals surface area contributed by atoms with Crippen LogP contribution in [0.25, 0.3) is 0 Å². The topological polar surface area (TPSA) is 99.7 Å². The minimum Gasteiger partial charge on any atom is -0.393 e. The van der Waals surface area contributed by atoms with Gasteiger partial charge in [-0.15, -0.1) is 0 Å². The van der Waals surface area contributed by atoms with Crippen molar-refractivity contribution in [2.75, 3.05) is 25.6 Å². The predicted octanol–water partition coefficient (Wildman–Crippen LogP) is 0.0743. The zero-order valence-electron chi connectivity index (χ0n) is 12.8. The third kappa shape index (κ3) is 7.05. The second-order valence-electron chi connectivity index (χ2n) is 4.85. The van der Waals surface area contributed by atoms with E-state index in [9.17, 15) is 14.7 Å². The first-order valence-electron chi connectivity index (χ1n) is 7.08. The van der Waals surface area contributed by atoms with Crippen LogP contribution in [0.1, 0.15) is 13.3 Å². The third-order valence-electron chi connectivity index (χ3n) is 2.74. The highest BCUT2D eigenvalue weighted by Crippen LogP contribution is 2.06. The maximum atomic E-state index is 12.1. The summed E-state index contributed by atoms with van der Waals surface area (Å²) in [6, 6.07) is 9.07. The number of anilines is 1. The van der Waals surface area contributed by atoms with E-state index in [0.717, 1.165) is 0 Å². The molecule has 0 aromatic heterocycles. The van der Waals surface area contributed by atoms with Gasteiger partial charge < -0.3 is 25.8 Å². The van der Waals surface area contributed by atoms with E-state index in [1.165, 1.54) is 14.0 Å². The summed E-state index contributed by atoms with van der Waals surface area (Å²) < 4.78 is 4.87. The molecule has 0 saturated carbocycles. The lowest BCUT2D eigenvalue weighted by Crippen LogP contribution is -2.52. The van der Waals surface area contributed by atoms with E-state index in [1.807, 2.05) is 18.2 Å². The molecule has 1 aromatic carbocycles. The average molecular weight is 309 g/mol. The molecule has 0 aliphatic rings. The van der Waals surface area contributed by atoms with Gasteiger partial charge in [0.05, 0.1) is 19.1 Å². The van der Waals surface area contributed by atoms with E-state index in [0.29, 0.717) is 18.8 Å². The maximum absolute atomic E-state index is 12.1. The van der Waals surface area contributed by atoms with Crippen LogP contribution in [-0.2, 0) is 14.3 Å². The lowest BCUT2D eigenvalue weighted by molar-refractivity contribution is -0.129. The Kier molecular flexibility index (Phi) is 7.95. The summed E-state index contributed by atoms with van der Waals surface area (Å²) in [7, 11) is 1.54. The fourth-order valence-corrected chi connectivity index (χ4v) is 1.73. The van der Waals surface area contributed by atoms with Gasteiger partial charge in [0.25, 0.3) is 5.91 Å². The lowest BCUT2D eigenvalue weighted by atomic mass is 10.2. The molecule has 0 fully saturated rings. The van der Waals surface area contributed by atoms with E-state index >= 15 is 0 Å². The second kappa shape index (κ2) is 9.75. The molecule has 0 radical (unpaired) electrons. The molecule has 0 heterocycles. The Balaban J connectivity index is 2.67. The predicted molar refractivity (Wildman–Crippen MR) is 83.2 cm³/mol. The van der Waals surface area contributed by atoms with Gasteiger partial charge in [0.2, 0.25) is 5.91 Å². The smallest absolute Gasteiger partial charge is 0.263 e.